The summed E-state index contributed by atoms with van der Waals surface area (Å²) in [6.45, 7) is 32.1. The van der Waals surface area contributed by atoms with Gasteiger partial charge in [-0.2, -0.15) is 8.75 Å². The van der Waals surface area contributed by atoms with Crippen LogP contribution in [0.1, 0.15) is 313 Å². The standard InChI is InChI=1S/C90H106N8O2S5/c1-9-15-21-25-27-29-31-33-37-51-65-71(53-67-73(69(55-91)93-7)61-47-39-41-49-63(61)83(67)99)101-89-81-87(103-85(65)89)75-77-78(96-105-95-77)76-80(79(75)97(81)57-59(43-19-13-5)45-35-23-17-11-3)98(58-60(44-20-14-6)46-36-24-18-12-4)82-88(76)104-86-66(52-38-34-32-30-28-26-22-16-10-2)72(102-90(82)86)54-68-74(70(56-92)94-8)62-48-40-42-50-64(62)84(68)100/h39-42,47-50,53-54,59-60H,9-38,43-46,51-52,57-58H2,1-6H3/b67-53-,68-54-,73-69+,74-70?. The zero-order valence-electron chi connectivity index (χ0n) is 63.2. The van der Waals surface area contributed by atoms with Crippen LogP contribution in [0.15, 0.2) is 71.1 Å². The van der Waals surface area contributed by atoms with Crippen molar-refractivity contribution in [3.63, 3.8) is 0 Å². The van der Waals surface area contributed by atoms with E-state index in [1.165, 1.54) is 225 Å². The number of nitrogens with zero attached hydrogens (tertiary/aromatic N) is 8. The number of benzene rings is 3. The van der Waals surface area contributed by atoms with Crippen molar-refractivity contribution in [2.45, 2.75) is 286 Å². The highest BCUT2D eigenvalue weighted by Crippen LogP contribution is 2.56. The smallest absolute Gasteiger partial charge is 0.270 e. The summed E-state index contributed by atoms with van der Waals surface area (Å²) in [7, 11) is 0. The van der Waals surface area contributed by atoms with Gasteiger partial charge in [-0.1, -0.05) is 270 Å². The number of Topliss-reactive ketones (excluding diaryl/α,β-unsaturated/α-hetero) is 2. The van der Waals surface area contributed by atoms with Gasteiger partial charge in [-0.15, -0.1) is 45.3 Å². The lowest BCUT2D eigenvalue weighted by Gasteiger charge is -2.22. The summed E-state index contributed by atoms with van der Waals surface area (Å²) in [6, 6.07) is 19.4. The van der Waals surface area contributed by atoms with Gasteiger partial charge in [0.05, 0.1) is 87.3 Å². The summed E-state index contributed by atoms with van der Waals surface area (Å²) in [4.78, 5) is 39.5. The fraction of sp³-hybridized carbons (Fsp3) is 0.511. The number of carbonyl (C=O) groups excluding carboxylic acids is 2. The number of aromatic nitrogens is 4. The van der Waals surface area contributed by atoms with E-state index in [0.717, 1.165) is 124 Å². The van der Waals surface area contributed by atoms with E-state index in [4.69, 9.17) is 21.9 Å². The Labute approximate surface area is 644 Å². The van der Waals surface area contributed by atoms with Crippen LogP contribution >= 0.6 is 57.1 Å². The van der Waals surface area contributed by atoms with Gasteiger partial charge in [0, 0.05) is 67.0 Å². The van der Waals surface area contributed by atoms with Gasteiger partial charge < -0.3 is 9.13 Å². The number of ketones is 2. The van der Waals surface area contributed by atoms with Crippen LogP contribution in [0.5, 0.6) is 0 Å². The first-order chi connectivity index (χ1) is 51.6. The van der Waals surface area contributed by atoms with Gasteiger partial charge in [-0.3, -0.25) is 9.59 Å². The van der Waals surface area contributed by atoms with Crippen molar-refractivity contribution in [3.8, 4) is 12.1 Å². The van der Waals surface area contributed by atoms with Gasteiger partial charge in [-0.05, 0) is 97.6 Å². The van der Waals surface area contributed by atoms with Crippen LogP contribution in [0.3, 0.4) is 0 Å². The number of thiophene rings is 4. The normalized spacial score (nSPS) is 15.4. The topological polar surface area (TPSA) is 126 Å². The second-order valence-electron chi connectivity index (χ2n) is 30.0. The molecule has 2 aliphatic rings. The van der Waals surface area contributed by atoms with Crippen molar-refractivity contribution >= 4 is 164 Å². The molecular formula is C90H106N8O2S5. The number of aryl methyl sites for hydroxylation is 2. The fourth-order valence-electron chi connectivity index (χ4n) is 17.1. The molecule has 7 aromatic heterocycles. The average molecular weight is 1490 g/mol. The Hall–Kier alpha value is -7.34. The lowest BCUT2D eigenvalue weighted by atomic mass is 9.94. The summed E-state index contributed by atoms with van der Waals surface area (Å²) >= 11 is 8.76. The van der Waals surface area contributed by atoms with Crippen LogP contribution in [-0.2, 0) is 25.9 Å². The van der Waals surface area contributed by atoms with Gasteiger partial charge in [-0.25, -0.2) is 20.2 Å². The van der Waals surface area contributed by atoms with Crippen molar-refractivity contribution in [3.05, 3.63) is 137 Å². The number of nitriles is 2. The van der Waals surface area contributed by atoms with E-state index in [9.17, 15) is 20.1 Å². The molecule has 0 fully saturated rings. The predicted octanol–water partition coefficient (Wildman–Crippen LogP) is 29.0. The Kier molecular flexibility index (Phi) is 27.6. The van der Waals surface area contributed by atoms with Gasteiger partial charge in [0.25, 0.3) is 11.4 Å². The van der Waals surface area contributed by atoms with Crippen LogP contribution in [0, 0.1) is 47.6 Å². The Morgan fingerprint density at radius 3 is 1.11 bits per heavy atom. The molecule has 0 radical (unpaired) electrons. The Morgan fingerprint density at radius 1 is 0.429 bits per heavy atom. The van der Waals surface area contributed by atoms with Crippen molar-refractivity contribution in [1.82, 2.24) is 17.9 Å². The molecular weight excluding hydrogens is 1390 g/mol. The molecule has 0 N–H and O–H groups in total. The SMILES string of the molecule is [C-]#[N+]C(C#N)=C1/C(=C/c2sc3c(sc4c5c6nsnc6c6c7sc8c(CCCCCCCCCCC)c(/C=C9\C(=O)c%10ccccc%10\C9=C(\C#N)[N+]#[C-])sc8c7n(CC(CCCC)CCCCCC)c6c5n(CC(CCCC)CCCCCC)c34)c2CCCCCCCCCCC)C(=O)c2ccccc21. The van der Waals surface area contributed by atoms with Crippen molar-refractivity contribution in [2.75, 3.05) is 0 Å². The minimum absolute atomic E-state index is 0.0567. The second-order valence-corrected chi connectivity index (χ2v) is 34.7. The molecule has 548 valence electrons. The Bertz CT molecular complexity index is 4740. The highest BCUT2D eigenvalue weighted by molar-refractivity contribution is 7.34. The molecule has 0 saturated carbocycles. The van der Waals surface area contributed by atoms with Crippen LogP contribution in [0.4, 0.5) is 0 Å². The molecule has 2 aliphatic carbocycles. The number of hydrogen-bond acceptors (Lipinski definition) is 11. The second kappa shape index (κ2) is 37.5. The number of carbonyl (C=O) groups is 2. The predicted molar refractivity (Wildman–Crippen MR) is 451 cm³/mol. The quantitative estimate of drug-likeness (QED) is 0.0162. The summed E-state index contributed by atoms with van der Waals surface area (Å²) in [6.07, 6.45) is 46.5. The molecule has 15 heteroatoms. The summed E-state index contributed by atoms with van der Waals surface area (Å²) in [5.41, 5.74) is 13.4. The third kappa shape index (κ3) is 16.3. The molecule has 0 bridgehead atoms. The molecule has 12 rings (SSSR count). The van der Waals surface area contributed by atoms with E-state index >= 15 is 0 Å². The summed E-state index contributed by atoms with van der Waals surface area (Å²) in [5, 5.41) is 23.6. The molecule has 0 amide bonds. The van der Waals surface area contributed by atoms with Crippen molar-refractivity contribution in [1.29, 1.82) is 10.5 Å². The third-order valence-corrected chi connectivity index (χ3v) is 28.3. The minimum atomic E-state index is -0.139. The van der Waals surface area contributed by atoms with Gasteiger partial charge in [0.2, 0.25) is 0 Å². The maximum Gasteiger partial charge on any atom is 0.270 e. The lowest BCUT2D eigenvalue weighted by molar-refractivity contribution is 0.103. The first-order valence-corrected chi connectivity index (χ1v) is 44.4. The first kappa shape index (κ1) is 77.3. The van der Waals surface area contributed by atoms with Gasteiger partial charge in [0.1, 0.15) is 11.0 Å². The number of hydrogen-bond donors (Lipinski definition) is 0. The van der Waals surface area contributed by atoms with Gasteiger partial charge >= 0.3 is 0 Å². The Morgan fingerprint density at radius 2 is 0.762 bits per heavy atom. The van der Waals surface area contributed by atoms with Crippen LogP contribution < -0.4 is 0 Å². The van der Waals surface area contributed by atoms with Gasteiger partial charge in [0.15, 0.2) is 11.6 Å². The molecule has 10 nitrogen and oxygen atoms in total. The molecule has 2 unspecified atom stereocenters. The van der Waals surface area contributed by atoms with Crippen molar-refractivity contribution in [2.24, 2.45) is 11.8 Å². The average Bonchev–Trinajstić information content (AvgIpc) is 1.50. The molecule has 3 aromatic carbocycles. The van der Waals surface area contributed by atoms with E-state index < -0.39 is 0 Å². The van der Waals surface area contributed by atoms with Crippen molar-refractivity contribution < 1.29 is 9.59 Å². The Balaban J connectivity index is 1.15. The van der Waals surface area contributed by atoms with E-state index in [1.807, 2.05) is 71.2 Å². The maximum atomic E-state index is 14.9. The number of fused-ring (bicyclic) bond motifs is 16. The molecule has 0 saturated heterocycles. The number of allylic oxidation sites excluding steroid dienone is 6. The zero-order valence-corrected chi connectivity index (χ0v) is 67.3. The molecule has 2 atom stereocenters. The molecule has 0 aliphatic heterocycles. The minimum Gasteiger partial charge on any atom is -0.337 e. The maximum absolute atomic E-state index is 14.9. The molecule has 0 spiro atoms. The number of rotatable bonds is 42. The van der Waals surface area contributed by atoms with Crippen LogP contribution in [-0.4, -0.2) is 29.4 Å². The molecule has 105 heavy (non-hydrogen) atoms. The van der Waals surface area contributed by atoms with Crippen LogP contribution in [0.2, 0.25) is 0 Å². The van der Waals surface area contributed by atoms with E-state index in [2.05, 4.69) is 84.7 Å². The molecule has 10 aromatic rings. The van der Waals surface area contributed by atoms with E-state index in [1.54, 1.807) is 22.7 Å². The first-order valence-electron chi connectivity index (χ1n) is 40.4. The van der Waals surface area contributed by atoms with E-state index in [0.29, 0.717) is 56.4 Å². The highest BCUT2D eigenvalue weighted by atomic mass is 32.1. The van der Waals surface area contributed by atoms with Crippen LogP contribution in [0.25, 0.3) is 105 Å². The summed E-state index contributed by atoms with van der Waals surface area (Å²) in [5.74, 6) is 0.545. The monoisotopic (exact) mass is 1490 g/mol. The number of unbranched alkanes of at least 4 members (excludes halogenated alkanes) is 24. The molecule has 7 heterocycles. The summed E-state index contributed by atoms with van der Waals surface area (Å²) < 4.78 is 24.1. The fourth-order valence-corrected chi connectivity index (χ4v) is 23.5. The zero-order chi connectivity index (χ0) is 73.3. The highest BCUT2D eigenvalue weighted by Gasteiger charge is 2.37. The van der Waals surface area contributed by atoms with E-state index in [-0.39, 0.29) is 23.0 Å². The lowest BCUT2D eigenvalue weighted by Crippen LogP contribution is -2.14. The third-order valence-electron chi connectivity index (χ3n) is 22.6. The largest absolute Gasteiger partial charge is 0.337 e.